The van der Waals surface area contributed by atoms with Gasteiger partial charge in [0, 0.05) is 36.7 Å². The lowest BCUT2D eigenvalue weighted by atomic mass is 10.0. The Kier molecular flexibility index (Phi) is 9.26. The molecule has 0 aliphatic carbocycles. The number of carbonyl (C=O) groups excluding carboxylic acids is 1. The van der Waals surface area contributed by atoms with E-state index in [-0.39, 0.29) is 18.6 Å². The molecule has 0 bridgehead atoms. The normalized spacial score (nSPS) is 14.6. The summed E-state index contributed by atoms with van der Waals surface area (Å²) < 4.78 is 61.1. The number of amides is 2. The van der Waals surface area contributed by atoms with Crippen LogP contribution in [0.3, 0.4) is 0 Å². The van der Waals surface area contributed by atoms with Crippen LogP contribution in [0.1, 0.15) is 24.0 Å². The summed E-state index contributed by atoms with van der Waals surface area (Å²) in [7, 11) is 3.94. The van der Waals surface area contributed by atoms with Gasteiger partial charge in [-0.15, -0.1) is 0 Å². The number of aliphatic carboxylic acids is 1. The second-order valence-corrected chi connectivity index (χ2v) is 9.02. The third kappa shape index (κ3) is 7.63. The Balaban J connectivity index is 0.000000505. The minimum atomic E-state index is -5.08. The van der Waals surface area contributed by atoms with Crippen molar-refractivity contribution >= 4 is 22.9 Å². The van der Waals surface area contributed by atoms with E-state index in [0.29, 0.717) is 12.1 Å². The van der Waals surface area contributed by atoms with E-state index in [0.717, 1.165) is 48.5 Å². The van der Waals surface area contributed by atoms with Gasteiger partial charge in [0.15, 0.2) is 0 Å². The van der Waals surface area contributed by atoms with Crippen LogP contribution in [0.15, 0.2) is 42.6 Å². The van der Waals surface area contributed by atoms with E-state index in [2.05, 4.69) is 22.4 Å². The summed E-state index contributed by atoms with van der Waals surface area (Å²) >= 11 is 0. The van der Waals surface area contributed by atoms with Gasteiger partial charge in [0.1, 0.15) is 11.6 Å². The molecule has 2 aromatic carbocycles. The number of rotatable bonds is 5. The zero-order valence-corrected chi connectivity index (χ0v) is 20.8. The number of nitrogens with one attached hydrogen (secondary N) is 1. The number of aromatic nitrogens is 2. The van der Waals surface area contributed by atoms with Gasteiger partial charge >= 0.3 is 18.2 Å². The van der Waals surface area contributed by atoms with Crippen molar-refractivity contribution in [3.05, 3.63) is 65.4 Å². The first-order chi connectivity index (χ1) is 17.8. The fraction of sp³-hybridized carbons (Fsp3) is 0.400. The van der Waals surface area contributed by atoms with E-state index < -0.39 is 23.8 Å². The number of carbonyl (C=O) groups is 2. The Morgan fingerprint density at radius 1 is 1.11 bits per heavy atom. The molecule has 13 heteroatoms. The van der Waals surface area contributed by atoms with Crippen LogP contribution >= 0.6 is 0 Å². The van der Waals surface area contributed by atoms with Crippen LogP contribution in [-0.4, -0.2) is 69.0 Å². The molecule has 8 nitrogen and oxygen atoms in total. The Morgan fingerprint density at radius 2 is 1.76 bits per heavy atom. The topological polar surface area (TPSA) is 90.7 Å². The molecule has 0 spiro atoms. The third-order valence-electron chi connectivity index (χ3n) is 6.24. The number of hydrogen-bond donors (Lipinski definition) is 2. The standard InChI is InChI=1S/C23H27F2N5O.C2HF3O2/c1-28-9-7-20(8-10-28)30(15-17-4-5-19(24)12-21(17)25)23(31)26-13-16-3-6-22-18(11-16)14-27-29(22)2;3-2(4,5)1(6)7/h3-6,11-12,14,20H,7-10,13,15H2,1-2H3,(H,26,31);(H,6,7). The number of nitrogens with zero attached hydrogens (tertiary/aromatic N) is 4. The summed E-state index contributed by atoms with van der Waals surface area (Å²) in [6.45, 7) is 2.21. The molecule has 0 unspecified atom stereocenters. The largest absolute Gasteiger partial charge is 0.490 e. The molecule has 2 heterocycles. The molecule has 2 N–H and O–H groups in total. The maximum Gasteiger partial charge on any atom is 0.490 e. The summed E-state index contributed by atoms with van der Waals surface area (Å²) in [4.78, 5) is 25.9. The number of likely N-dealkylation sites (tertiary alicyclic amines) is 1. The third-order valence-corrected chi connectivity index (χ3v) is 6.24. The Hall–Kier alpha value is -3.74. The molecule has 1 aromatic heterocycles. The van der Waals surface area contributed by atoms with E-state index in [4.69, 9.17) is 9.90 Å². The smallest absolute Gasteiger partial charge is 0.475 e. The highest BCUT2D eigenvalue weighted by molar-refractivity contribution is 5.79. The van der Waals surface area contributed by atoms with Crippen molar-refractivity contribution in [2.75, 3.05) is 20.1 Å². The average Bonchev–Trinajstić information content (AvgIpc) is 3.22. The van der Waals surface area contributed by atoms with Crippen molar-refractivity contribution < 1.29 is 36.6 Å². The number of urea groups is 1. The number of aryl methyl sites for hydroxylation is 1. The Labute approximate surface area is 215 Å². The zero-order valence-electron chi connectivity index (χ0n) is 20.8. The SMILES string of the molecule is CN1CCC(N(Cc2ccc(F)cc2F)C(=O)NCc2ccc3c(cnn3C)c2)CC1.O=C(O)C(F)(F)F. The quantitative estimate of drug-likeness (QED) is 0.471. The van der Waals surface area contributed by atoms with Crippen molar-refractivity contribution in [1.29, 1.82) is 0 Å². The minimum Gasteiger partial charge on any atom is -0.475 e. The van der Waals surface area contributed by atoms with Crippen LogP contribution < -0.4 is 5.32 Å². The van der Waals surface area contributed by atoms with Crippen LogP contribution in [0.5, 0.6) is 0 Å². The highest BCUT2D eigenvalue weighted by atomic mass is 19.4. The van der Waals surface area contributed by atoms with Gasteiger partial charge in [-0.1, -0.05) is 12.1 Å². The van der Waals surface area contributed by atoms with Gasteiger partial charge in [0.2, 0.25) is 0 Å². The molecule has 0 radical (unpaired) electrons. The predicted octanol–water partition coefficient (Wildman–Crippen LogP) is 4.29. The van der Waals surface area contributed by atoms with Gasteiger partial charge in [0.25, 0.3) is 0 Å². The maximum atomic E-state index is 14.3. The lowest BCUT2D eigenvalue weighted by Crippen LogP contribution is -2.49. The second kappa shape index (κ2) is 12.2. The highest BCUT2D eigenvalue weighted by Gasteiger charge is 2.38. The van der Waals surface area contributed by atoms with Crippen LogP contribution in [-0.2, 0) is 24.9 Å². The van der Waals surface area contributed by atoms with E-state index in [9.17, 15) is 26.7 Å². The van der Waals surface area contributed by atoms with Crippen molar-refractivity contribution in [3.8, 4) is 0 Å². The number of benzene rings is 2. The fourth-order valence-electron chi connectivity index (χ4n) is 4.11. The van der Waals surface area contributed by atoms with Crippen molar-refractivity contribution in [1.82, 2.24) is 24.9 Å². The van der Waals surface area contributed by atoms with Crippen LogP contribution in [0.4, 0.5) is 26.7 Å². The average molecular weight is 542 g/mol. The first kappa shape index (κ1) is 28.8. The molecule has 4 rings (SSSR count). The predicted molar refractivity (Wildman–Crippen MR) is 129 cm³/mol. The van der Waals surface area contributed by atoms with E-state index in [1.54, 1.807) is 15.8 Å². The maximum absolute atomic E-state index is 14.3. The number of fused-ring (bicyclic) bond motifs is 1. The molecule has 1 aliphatic rings. The van der Waals surface area contributed by atoms with Gasteiger partial charge in [-0.25, -0.2) is 18.4 Å². The van der Waals surface area contributed by atoms with E-state index >= 15 is 0 Å². The minimum absolute atomic E-state index is 0.00135. The monoisotopic (exact) mass is 541 g/mol. The molecule has 1 saturated heterocycles. The first-order valence-electron chi connectivity index (χ1n) is 11.7. The molecule has 1 aliphatic heterocycles. The molecule has 3 aromatic rings. The molecule has 206 valence electrons. The number of piperidine rings is 1. The van der Waals surface area contributed by atoms with Crippen molar-refractivity contribution in [3.63, 3.8) is 0 Å². The molecule has 0 atom stereocenters. The number of carboxylic acid groups (broad SMARTS) is 1. The van der Waals surface area contributed by atoms with Crippen LogP contribution in [0, 0.1) is 11.6 Å². The van der Waals surface area contributed by atoms with Gasteiger partial charge in [-0.05, 0) is 56.7 Å². The van der Waals surface area contributed by atoms with Crippen molar-refractivity contribution in [2.45, 2.75) is 38.1 Å². The van der Waals surface area contributed by atoms with Gasteiger partial charge in [-0.3, -0.25) is 4.68 Å². The van der Waals surface area contributed by atoms with Gasteiger partial charge in [-0.2, -0.15) is 18.3 Å². The number of halogens is 5. The van der Waals surface area contributed by atoms with E-state index in [1.807, 2.05) is 25.2 Å². The summed E-state index contributed by atoms with van der Waals surface area (Å²) in [6.07, 6.45) is -1.66. The molecular formula is C25H28F5N5O3. The van der Waals surface area contributed by atoms with Crippen LogP contribution in [0.25, 0.3) is 10.9 Å². The molecule has 2 amide bonds. The Morgan fingerprint density at radius 3 is 2.37 bits per heavy atom. The van der Waals surface area contributed by atoms with Gasteiger partial charge < -0.3 is 20.2 Å². The van der Waals surface area contributed by atoms with Crippen LogP contribution in [0.2, 0.25) is 0 Å². The van der Waals surface area contributed by atoms with E-state index in [1.165, 1.54) is 12.1 Å². The molecule has 1 fully saturated rings. The lowest BCUT2D eigenvalue weighted by Gasteiger charge is -2.37. The summed E-state index contributed by atoms with van der Waals surface area (Å²) in [5, 5.41) is 15.4. The molecule has 38 heavy (non-hydrogen) atoms. The number of carboxylic acids is 1. The number of hydrogen-bond acceptors (Lipinski definition) is 4. The zero-order chi connectivity index (χ0) is 28.0. The molecular weight excluding hydrogens is 513 g/mol. The summed E-state index contributed by atoms with van der Waals surface area (Å²) in [5.41, 5.74) is 2.30. The number of alkyl halides is 3. The van der Waals surface area contributed by atoms with Crippen molar-refractivity contribution in [2.24, 2.45) is 7.05 Å². The second-order valence-electron chi connectivity index (χ2n) is 9.02. The lowest BCUT2D eigenvalue weighted by molar-refractivity contribution is -0.192. The summed E-state index contributed by atoms with van der Waals surface area (Å²) in [5.74, 6) is -4.01. The summed E-state index contributed by atoms with van der Waals surface area (Å²) in [6, 6.07) is 9.20. The Bertz CT molecular complexity index is 1270. The first-order valence-corrected chi connectivity index (χ1v) is 11.7. The highest BCUT2D eigenvalue weighted by Crippen LogP contribution is 2.21. The fourth-order valence-corrected chi connectivity index (χ4v) is 4.11. The van der Waals surface area contributed by atoms with Gasteiger partial charge in [0.05, 0.1) is 18.3 Å². The molecule has 0 saturated carbocycles.